The Balaban J connectivity index is 2.37. The molecule has 0 aliphatic carbocycles. The summed E-state index contributed by atoms with van der Waals surface area (Å²) in [7, 11) is 0. The summed E-state index contributed by atoms with van der Waals surface area (Å²) in [4.78, 5) is 0. The topological polar surface area (TPSA) is 40.5 Å². The van der Waals surface area contributed by atoms with Crippen molar-refractivity contribution in [2.24, 2.45) is 0 Å². The summed E-state index contributed by atoms with van der Waals surface area (Å²) in [6.45, 7) is 8.09. The van der Waals surface area contributed by atoms with Gasteiger partial charge in [0.15, 0.2) is 0 Å². The fraction of sp³-hybridized carbons (Fsp3) is 0.333. The summed E-state index contributed by atoms with van der Waals surface area (Å²) in [6.07, 6.45) is 0.617. The molecule has 20 heavy (non-hydrogen) atoms. The van der Waals surface area contributed by atoms with E-state index < -0.39 is 0 Å². The van der Waals surface area contributed by atoms with Gasteiger partial charge in [0.1, 0.15) is 11.5 Å². The second kappa shape index (κ2) is 5.20. The molecule has 0 bridgehead atoms. The number of aryl methyl sites for hydroxylation is 1. The molecule has 0 aliphatic heterocycles. The lowest BCUT2D eigenvalue weighted by atomic mass is 9.85. The number of hydrogen-bond donors (Lipinski definition) is 2. The molecular weight excluding hydrogens is 248 g/mol. The minimum Gasteiger partial charge on any atom is -0.508 e. The summed E-state index contributed by atoms with van der Waals surface area (Å²) in [5.74, 6) is 0.493. The van der Waals surface area contributed by atoms with Crippen molar-refractivity contribution in [1.29, 1.82) is 0 Å². The molecule has 0 spiro atoms. The average molecular weight is 270 g/mol. The van der Waals surface area contributed by atoms with Crippen LogP contribution in [0.3, 0.4) is 0 Å². The molecule has 0 saturated carbocycles. The van der Waals surface area contributed by atoms with Gasteiger partial charge in [-0.2, -0.15) is 0 Å². The lowest BCUT2D eigenvalue weighted by Crippen LogP contribution is -2.11. The molecule has 0 aromatic heterocycles. The van der Waals surface area contributed by atoms with Crippen LogP contribution in [0, 0.1) is 6.92 Å². The number of aromatic hydroxyl groups is 2. The Bertz CT molecular complexity index is 622. The van der Waals surface area contributed by atoms with Crippen LogP contribution in [0.25, 0.3) is 0 Å². The van der Waals surface area contributed by atoms with Crippen LogP contribution in [0.15, 0.2) is 36.4 Å². The third kappa shape index (κ3) is 3.13. The molecule has 2 aromatic rings. The predicted molar refractivity (Wildman–Crippen MR) is 82.5 cm³/mol. The molecule has 106 valence electrons. The smallest absolute Gasteiger partial charge is 0.119 e. The number of benzene rings is 2. The van der Waals surface area contributed by atoms with Gasteiger partial charge in [0, 0.05) is 17.5 Å². The van der Waals surface area contributed by atoms with E-state index in [0.717, 1.165) is 16.7 Å². The number of hydrogen-bond acceptors (Lipinski definition) is 2. The van der Waals surface area contributed by atoms with Gasteiger partial charge in [-0.3, -0.25) is 0 Å². The lowest BCUT2D eigenvalue weighted by molar-refractivity contribution is 0.432. The zero-order valence-corrected chi connectivity index (χ0v) is 12.6. The normalized spacial score (nSPS) is 11.6. The fourth-order valence-corrected chi connectivity index (χ4v) is 2.40. The SMILES string of the molecule is Cc1cccc(Cc2cc(O)c(C(C)(C)C)cc2O)c1. The maximum atomic E-state index is 10.2. The first-order chi connectivity index (χ1) is 9.27. The van der Waals surface area contributed by atoms with Crippen molar-refractivity contribution >= 4 is 0 Å². The van der Waals surface area contributed by atoms with Gasteiger partial charge in [0.2, 0.25) is 0 Å². The van der Waals surface area contributed by atoms with Crippen molar-refractivity contribution in [2.45, 2.75) is 39.5 Å². The van der Waals surface area contributed by atoms with E-state index in [4.69, 9.17) is 0 Å². The lowest BCUT2D eigenvalue weighted by Gasteiger charge is -2.21. The molecule has 2 N–H and O–H groups in total. The van der Waals surface area contributed by atoms with E-state index in [0.29, 0.717) is 6.42 Å². The third-order valence-electron chi connectivity index (χ3n) is 3.48. The first-order valence-corrected chi connectivity index (χ1v) is 6.88. The molecular formula is C18H22O2. The van der Waals surface area contributed by atoms with Gasteiger partial charge in [-0.15, -0.1) is 0 Å². The highest BCUT2D eigenvalue weighted by atomic mass is 16.3. The standard InChI is InChI=1S/C18H22O2/c1-12-6-5-7-13(8-12)9-14-10-17(20)15(11-16(14)19)18(2,3)4/h5-8,10-11,19-20H,9H2,1-4H3. The van der Waals surface area contributed by atoms with Crippen LogP contribution in [0.1, 0.15) is 43.0 Å². The summed E-state index contributed by atoms with van der Waals surface area (Å²) < 4.78 is 0. The maximum absolute atomic E-state index is 10.2. The monoisotopic (exact) mass is 270 g/mol. The van der Waals surface area contributed by atoms with E-state index in [1.165, 1.54) is 5.56 Å². The van der Waals surface area contributed by atoms with Crippen LogP contribution in [0.2, 0.25) is 0 Å². The van der Waals surface area contributed by atoms with E-state index in [1.54, 1.807) is 12.1 Å². The molecule has 2 rings (SSSR count). The van der Waals surface area contributed by atoms with Crippen LogP contribution in [0.5, 0.6) is 11.5 Å². The summed E-state index contributed by atoms with van der Waals surface area (Å²) >= 11 is 0. The van der Waals surface area contributed by atoms with Crippen molar-refractivity contribution in [3.63, 3.8) is 0 Å². The van der Waals surface area contributed by atoms with E-state index in [-0.39, 0.29) is 16.9 Å². The molecule has 0 heterocycles. The minimum atomic E-state index is -0.191. The molecule has 0 aliphatic rings. The molecule has 0 radical (unpaired) electrons. The second-order valence-corrected chi connectivity index (χ2v) is 6.41. The highest BCUT2D eigenvalue weighted by molar-refractivity contribution is 5.49. The van der Waals surface area contributed by atoms with Crippen molar-refractivity contribution in [2.75, 3.05) is 0 Å². The third-order valence-corrected chi connectivity index (χ3v) is 3.48. The molecule has 2 nitrogen and oxygen atoms in total. The Morgan fingerprint density at radius 3 is 2.25 bits per heavy atom. The number of phenolic OH excluding ortho intramolecular Hbond substituents is 2. The van der Waals surface area contributed by atoms with E-state index in [2.05, 4.69) is 6.07 Å². The number of rotatable bonds is 2. The molecule has 0 amide bonds. The number of phenols is 2. The Labute approximate surface area is 120 Å². The largest absolute Gasteiger partial charge is 0.508 e. The molecule has 0 saturated heterocycles. The predicted octanol–water partition coefficient (Wildman–Crippen LogP) is 4.29. The second-order valence-electron chi connectivity index (χ2n) is 6.41. The van der Waals surface area contributed by atoms with Crippen molar-refractivity contribution in [1.82, 2.24) is 0 Å². The van der Waals surface area contributed by atoms with Gasteiger partial charge in [-0.05, 0) is 30.0 Å². The average Bonchev–Trinajstić information content (AvgIpc) is 2.32. The first kappa shape index (κ1) is 14.4. The molecule has 0 atom stereocenters. The van der Waals surface area contributed by atoms with E-state index >= 15 is 0 Å². The maximum Gasteiger partial charge on any atom is 0.119 e. The van der Waals surface area contributed by atoms with Gasteiger partial charge < -0.3 is 10.2 Å². The first-order valence-electron chi connectivity index (χ1n) is 6.88. The summed E-state index contributed by atoms with van der Waals surface area (Å²) in [6, 6.07) is 11.5. The van der Waals surface area contributed by atoms with Gasteiger partial charge in [0.05, 0.1) is 0 Å². The van der Waals surface area contributed by atoms with E-state index in [1.807, 2.05) is 45.9 Å². The molecule has 2 aromatic carbocycles. The Morgan fingerprint density at radius 1 is 0.950 bits per heavy atom. The highest BCUT2D eigenvalue weighted by Crippen LogP contribution is 2.36. The van der Waals surface area contributed by atoms with Crippen LogP contribution < -0.4 is 0 Å². The Hall–Kier alpha value is -1.96. The van der Waals surface area contributed by atoms with Gasteiger partial charge in [0.25, 0.3) is 0 Å². The minimum absolute atomic E-state index is 0.191. The highest BCUT2D eigenvalue weighted by Gasteiger charge is 2.20. The van der Waals surface area contributed by atoms with Crippen molar-refractivity contribution in [3.8, 4) is 11.5 Å². The summed E-state index contributed by atoms with van der Waals surface area (Å²) in [5, 5.41) is 20.4. The van der Waals surface area contributed by atoms with Crippen LogP contribution >= 0.6 is 0 Å². The zero-order valence-electron chi connectivity index (χ0n) is 12.6. The summed E-state index contributed by atoms with van der Waals surface area (Å²) in [5.41, 5.74) is 3.65. The van der Waals surface area contributed by atoms with Crippen LogP contribution in [0.4, 0.5) is 0 Å². The van der Waals surface area contributed by atoms with Crippen molar-refractivity contribution < 1.29 is 10.2 Å². The molecule has 0 unspecified atom stereocenters. The van der Waals surface area contributed by atoms with Gasteiger partial charge >= 0.3 is 0 Å². The van der Waals surface area contributed by atoms with E-state index in [9.17, 15) is 10.2 Å². The quantitative estimate of drug-likeness (QED) is 0.799. The fourth-order valence-electron chi connectivity index (χ4n) is 2.40. The van der Waals surface area contributed by atoms with Gasteiger partial charge in [-0.1, -0.05) is 50.6 Å². The zero-order chi connectivity index (χ0) is 14.9. The Kier molecular flexibility index (Phi) is 3.76. The molecule has 0 fully saturated rings. The van der Waals surface area contributed by atoms with Gasteiger partial charge in [-0.25, -0.2) is 0 Å². The van der Waals surface area contributed by atoms with Crippen LogP contribution in [-0.2, 0) is 11.8 Å². The van der Waals surface area contributed by atoms with Crippen molar-refractivity contribution in [3.05, 3.63) is 58.7 Å². The molecule has 2 heteroatoms. The van der Waals surface area contributed by atoms with Crippen LogP contribution in [-0.4, -0.2) is 10.2 Å². The Morgan fingerprint density at radius 2 is 1.65 bits per heavy atom.